The van der Waals surface area contributed by atoms with Crippen LogP contribution in [0.15, 0.2) is 24.3 Å². The van der Waals surface area contributed by atoms with Crippen molar-refractivity contribution < 1.29 is 0 Å². The molecule has 1 saturated heterocycles. The molecule has 1 heterocycles. The second-order valence-electron chi connectivity index (χ2n) is 6.21. The summed E-state index contributed by atoms with van der Waals surface area (Å²) in [5.41, 5.74) is 2.84. The third-order valence-corrected chi connectivity index (χ3v) is 4.56. The maximum Gasteiger partial charge on any atom is 0.0296 e. The van der Waals surface area contributed by atoms with E-state index in [1.807, 2.05) is 0 Å². The van der Waals surface area contributed by atoms with Crippen LogP contribution in [0, 0.1) is 6.92 Å². The van der Waals surface area contributed by atoms with Crippen molar-refractivity contribution in [3.63, 3.8) is 0 Å². The van der Waals surface area contributed by atoms with Crippen LogP contribution < -0.4 is 5.32 Å². The lowest BCUT2D eigenvalue weighted by molar-refractivity contribution is 0.190. The van der Waals surface area contributed by atoms with E-state index < -0.39 is 0 Å². The Kier molecular flexibility index (Phi) is 6.06. The Morgan fingerprint density at radius 3 is 2.60 bits per heavy atom. The molecule has 1 atom stereocenters. The zero-order valence-electron chi connectivity index (χ0n) is 13.4. The van der Waals surface area contributed by atoms with Crippen molar-refractivity contribution in [3.8, 4) is 0 Å². The summed E-state index contributed by atoms with van der Waals surface area (Å²) in [6.45, 7) is 10.6. The van der Waals surface area contributed by atoms with Gasteiger partial charge in [-0.15, -0.1) is 0 Å². The van der Waals surface area contributed by atoms with Crippen molar-refractivity contribution in [2.75, 3.05) is 19.6 Å². The number of rotatable bonds is 6. The number of hydrogen-bond acceptors (Lipinski definition) is 2. The Labute approximate surface area is 124 Å². The van der Waals surface area contributed by atoms with Gasteiger partial charge in [-0.1, -0.05) is 37.6 Å². The zero-order chi connectivity index (χ0) is 14.4. The first-order chi connectivity index (χ1) is 9.70. The number of piperidine rings is 1. The van der Waals surface area contributed by atoms with Gasteiger partial charge in [0.2, 0.25) is 0 Å². The average Bonchev–Trinajstić information content (AvgIpc) is 2.47. The van der Waals surface area contributed by atoms with E-state index in [-0.39, 0.29) is 0 Å². The van der Waals surface area contributed by atoms with Crippen molar-refractivity contribution >= 4 is 0 Å². The predicted octanol–water partition coefficient (Wildman–Crippen LogP) is 3.91. The van der Waals surface area contributed by atoms with Gasteiger partial charge in [0.1, 0.15) is 0 Å². The fraction of sp³-hybridized carbons (Fsp3) is 0.667. The van der Waals surface area contributed by atoms with Gasteiger partial charge in [-0.25, -0.2) is 0 Å². The van der Waals surface area contributed by atoms with Crippen LogP contribution in [0.3, 0.4) is 0 Å². The number of unbranched alkanes of at least 4 members (excludes halogenated alkanes) is 1. The van der Waals surface area contributed by atoms with Gasteiger partial charge in [-0.05, 0) is 63.9 Å². The first-order valence-corrected chi connectivity index (χ1v) is 8.24. The van der Waals surface area contributed by atoms with Gasteiger partial charge in [0.15, 0.2) is 0 Å². The van der Waals surface area contributed by atoms with E-state index in [1.54, 1.807) is 0 Å². The number of hydrogen-bond donors (Lipinski definition) is 1. The summed E-state index contributed by atoms with van der Waals surface area (Å²) in [7, 11) is 0. The second-order valence-corrected chi connectivity index (χ2v) is 6.21. The molecule has 1 fully saturated rings. The molecule has 0 spiro atoms. The Balaban J connectivity index is 1.79. The lowest BCUT2D eigenvalue weighted by Gasteiger charge is -2.34. The highest BCUT2D eigenvalue weighted by atomic mass is 15.1. The van der Waals surface area contributed by atoms with Crippen molar-refractivity contribution in [1.29, 1.82) is 0 Å². The third kappa shape index (κ3) is 4.32. The molecule has 0 aliphatic carbocycles. The summed E-state index contributed by atoms with van der Waals surface area (Å²) >= 11 is 0. The summed E-state index contributed by atoms with van der Waals surface area (Å²) in [5.74, 6) is 0. The SMILES string of the molecule is CCCCN1CCC(NC(C)c2ccccc2C)CC1. The van der Waals surface area contributed by atoms with Gasteiger partial charge in [0.25, 0.3) is 0 Å². The molecule has 0 radical (unpaired) electrons. The molecule has 2 nitrogen and oxygen atoms in total. The average molecular weight is 274 g/mol. The van der Waals surface area contributed by atoms with Crippen LogP contribution in [0.25, 0.3) is 0 Å². The lowest BCUT2D eigenvalue weighted by atomic mass is 9.99. The highest BCUT2D eigenvalue weighted by molar-refractivity contribution is 5.28. The summed E-state index contributed by atoms with van der Waals surface area (Å²) in [4.78, 5) is 2.63. The fourth-order valence-electron chi connectivity index (χ4n) is 3.22. The minimum atomic E-state index is 0.461. The molecule has 1 aromatic rings. The van der Waals surface area contributed by atoms with Crippen LogP contribution in [0.5, 0.6) is 0 Å². The van der Waals surface area contributed by atoms with Gasteiger partial charge in [0, 0.05) is 12.1 Å². The van der Waals surface area contributed by atoms with Gasteiger partial charge in [-0.3, -0.25) is 0 Å². The molecule has 112 valence electrons. The van der Waals surface area contributed by atoms with Crippen LogP contribution in [-0.4, -0.2) is 30.6 Å². The fourth-order valence-corrected chi connectivity index (χ4v) is 3.22. The largest absolute Gasteiger partial charge is 0.307 e. The highest BCUT2D eigenvalue weighted by Gasteiger charge is 2.20. The van der Waals surface area contributed by atoms with E-state index >= 15 is 0 Å². The number of nitrogens with one attached hydrogen (secondary N) is 1. The summed E-state index contributed by atoms with van der Waals surface area (Å²) in [6.07, 6.45) is 5.24. The van der Waals surface area contributed by atoms with E-state index in [0.29, 0.717) is 12.1 Å². The first-order valence-electron chi connectivity index (χ1n) is 8.24. The van der Waals surface area contributed by atoms with E-state index in [2.05, 4.69) is 55.3 Å². The lowest BCUT2D eigenvalue weighted by Crippen LogP contribution is -2.43. The van der Waals surface area contributed by atoms with Crippen LogP contribution in [0.1, 0.15) is 56.7 Å². The second kappa shape index (κ2) is 7.80. The molecular formula is C18H30N2. The van der Waals surface area contributed by atoms with Crippen molar-refractivity contribution in [2.45, 2.75) is 58.5 Å². The maximum atomic E-state index is 3.83. The number of likely N-dealkylation sites (tertiary alicyclic amines) is 1. The van der Waals surface area contributed by atoms with Gasteiger partial charge in [-0.2, -0.15) is 0 Å². The summed E-state index contributed by atoms with van der Waals surface area (Å²) in [5, 5.41) is 3.83. The minimum absolute atomic E-state index is 0.461. The minimum Gasteiger partial charge on any atom is -0.307 e. The normalized spacial score (nSPS) is 19.1. The predicted molar refractivity (Wildman–Crippen MR) is 87.1 cm³/mol. The Hall–Kier alpha value is -0.860. The first kappa shape index (κ1) is 15.5. The maximum absolute atomic E-state index is 3.83. The van der Waals surface area contributed by atoms with Crippen LogP contribution in [0.2, 0.25) is 0 Å². The molecule has 1 aromatic carbocycles. The number of benzene rings is 1. The standard InChI is InChI=1S/C18H30N2/c1-4-5-12-20-13-10-17(11-14-20)19-16(3)18-9-7-6-8-15(18)2/h6-9,16-17,19H,4-5,10-14H2,1-3H3. The van der Waals surface area contributed by atoms with Crippen LogP contribution >= 0.6 is 0 Å². The molecule has 1 unspecified atom stereocenters. The molecule has 20 heavy (non-hydrogen) atoms. The molecule has 2 rings (SSSR count). The van der Waals surface area contributed by atoms with Crippen molar-refractivity contribution in [2.24, 2.45) is 0 Å². The van der Waals surface area contributed by atoms with Gasteiger partial charge >= 0.3 is 0 Å². The third-order valence-electron chi connectivity index (χ3n) is 4.56. The van der Waals surface area contributed by atoms with Gasteiger partial charge < -0.3 is 10.2 Å². The molecule has 2 heteroatoms. The number of nitrogens with zero attached hydrogens (tertiary/aromatic N) is 1. The van der Waals surface area contributed by atoms with E-state index in [1.165, 1.54) is 56.4 Å². The number of aryl methyl sites for hydroxylation is 1. The smallest absolute Gasteiger partial charge is 0.0296 e. The highest BCUT2D eigenvalue weighted by Crippen LogP contribution is 2.20. The van der Waals surface area contributed by atoms with Crippen molar-refractivity contribution in [3.05, 3.63) is 35.4 Å². The molecule has 1 aliphatic rings. The zero-order valence-corrected chi connectivity index (χ0v) is 13.4. The van der Waals surface area contributed by atoms with E-state index in [0.717, 1.165) is 0 Å². The Morgan fingerprint density at radius 1 is 1.25 bits per heavy atom. The Morgan fingerprint density at radius 2 is 1.95 bits per heavy atom. The molecule has 0 aromatic heterocycles. The quantitative estimate of drug-likeness (QED) is 0.846. The molecule has 1 N–H and O–H groups in total. The van der Waals surface area contributed by atoms with Gasteiger partial charge in [0.05, 0.1) is 0 Å². The molecular weight excluding hydrogens is 244 g/mol. The molecule has 0 amide bonds. The van der Waals surface area contributed by atoms with Crippen LogP contribution in [0.4, 0.5) is 0 Å². The molecule has 0 bridgehead atoms. The Bertz CT molecular complexity index is 394. The van der Waals surface area contributed by atoms with Crippen molar-refractivity contribution in [1.82, 2.24) is 10.2 Å². The molecule has 0 saturated carbocycles. The summed E-state index contributed by atoms with van der Waals surface area (Å²) in [6, 6.07) is 9.88. The summed E-state index contributed by atoms with van der Waals surface area (Å²) < 4.78 is 0. The van der Waals surface area contributed by atoms with E-state index in [4.69, 9.17) is 0 Å². The molecule has 1 aliphatic heterocycles. The topological polar surface area (TPSA) is 15.3 Å². The monoisotopic (exact) mass is 274 g/mol. The van der Waals surface area contributed by atoms with E-state index in [9.17, 15) is 0 Å². The van der Waals surface area contributed by atoms with Crippen LogP contribution in [-0.2, 0) is 0 Å².